The van der Waals surface area contributed by atoms with Gasteiger partial charge in [0.2, 0.25) is 11.1 Å². The predicted molar refractivity (Wildman–Crippen MR) is 111 cm³/mol. The number of aliphatic carboxylic acids is 1. The maximum Gasteiger partial charge on any atom is 0.332 e. The molecule has 0 radical (unpaired) electrons. The molecule has 0 saturated carbocycles. The second-order valence-corrected chi connectivity index (χ2v) is 7.42. The molecule has 10 heteroatoms. The lowest BCUT2D eigenvalue weighted by Crippen LogP contribution is -2.41. The maximum absolute atomic E-state index is 12.3. The van der Waals surface area contributed by atoms with Crippen LogP contribution in [-0.4, -0.2) is 49.4 Å². The number of aromatic nitrogens is 3. The molecule has 2 atom stereocenters. The highest BCUT2D eigenvalue weighted by Gasteiger charge is 2.24. The predicted octanol–water partition coefficient (Wildman–Crippen LogP) is 2.96. The van der Waals surface area contributed by atoms with Crippen molar-refractivity contribution in [3.8, 4) is 11.1 Å². The van der Waals surface area contributed by atoms with Gasteiger partial charge in [-0.3, -0.25) is 4.79 Å². The highest BCUT2D eigenvalue weighted by Crippen LogP contribution is 2.23. The van der Waals surface area contributed by atoms with Crippen molar-refractivity contribution in [3.05, 3.63) is 70.2 Å². The molecule has 0 aliphatic rings. The fraction of sp³-hybridized carbons (Fsp3) is 0.200. The summed E-state index contributed by atoms with van der Waals surface area (Å²) < 4.78 is 0. The third-order valence-corrected chi connectivity index (χ3v) is 4.79. The molecule has 3 rings (SSSR count). The van der Waals surface area contributed by atoms with Crippen molar-refractivity contribution in [1.29, 1.82) is 0 Å². The number of carbonyl (C=O) groups excluding carboxylic acids is 1. The van der Waals surface area contributed by atoms with Gasteiger partial charge in [0.1, 0.15) is 0 Å². The summed E-state index contributed by atoms with van der Waals surface area (Å²) in [6, 6.07) is 14.3. The topological polar surface area (TPSA) is 128 Å². The minimum Gasteiger partial charge on any atom is -0.479 e. The maximum atomic E-state index is 12.3. The lowest BCUT2D eigenvalue weighted by atomic mass is 9.98. The van der Waals surface area contributed by atoms with E-state index in [9.17, 15) is 14.7 Å². The molecule has 0 saturated heterocycles. The Labute approximate surface area is 181 Å². The summed E-state index contributed by atoms with van der Waals surface area (Å²) >= 11 is 11.7. The second kappa shape index (κ2) is 9.71. The number of aliphatic hydroxyl groups is 1. The van der Waals surface area contributed by atoms with E-state index in [1.807, 2.05) is 42.5 Å². The Morgan fingerprint density at radius 1 is 1.10 bits per heavy atom. The number of carbonyl (C=O) groups is 2. The SMILES string of the molecule is O=C(N[C@H](Cc1ccc(-c2cccc(Cl)c2)cc1)C[C@@H](O)C(=O)O)c1n[nH]c(Cl)n1. The highest BCUT2D eigenvalue weighted by atomic mass is 35.5. The molecule has 8 nitrogen and oxygen atoms in total. The summed E-state index contributed by atoms with van der Waals surface area (Å²) in [5.41, 5.74) is 2.76. The zero-order valence-electron chi connectivity index (χ0n) is 15.5. The largest absolute Gasteiger partial charge is 0.479 e. The number of hydrogen-bond acceptors (Lipinski definition) is 5. The van der Waals surface area contributed by atoms with Crippen molar-refractivity contribution < 1.29 is 19.8 Å². The van der Waals surface area contributed by atoms with Crippen LogP contribution in [0.25, 0.3) is 11.1 Å². The normalized spacial score (nSPS) is 12.9. The third-order valence-electron chi connectivity index (χ3n) is 4.38. The van der Waals surface area contributed by atoms with E-state index in [4.69, 9.17) is 28.3 Å². The number of carboxylic acids is 1. The molecular weight excluding hydrogens is 431 g/mol. The quantitative estimate of drug-likeness (QED) is 0.419. The third kappa shape index (κ3) is 5.79. The van der Waals surface area contributed by atoms with Crippen LogP contribution in [0.1, 0.15) is 22.6 Å². The minimum atomic E-state index is -1.63. The first-order chi connectivity index (χ1) is 14.3. The number of nitrogens with zero attached hydrogens (tertiary/aromatic N) is 2. The van der Waals surface area contributed by atoms with Gasteiger partial charge in [-0.05, 0) is 46.8 Å². The Morgan fingerprint density at radius 2 is 1.83 bits per heavy atom. The highest BCUT2D eigenvalue weighted by molar-refractivity contribution is 6.30. The Kier molecular flexibility index (Phi) is 7.04. The van der Waals surface area contributed by atoms with Crippen molar-refractivity contribution in [2.45, 2.75) is 25.0 Å². The summed E-state index contributed by atoms with van der Waals surface area (Å²) in [6.07, 6.45) is -1.52. The van der Waals surface area contributed by atoms with Crippen LogP contribution in [0.15, 0.2) is 48.5 Å². The number of halogens is 2. The molecule has 1 amide bonds. The first-order valence-electron chi connectivity index (χ1n) is 8.96. The lowest BCUT2D eigenvalue weighted by Gasteiger charge is -2.20. The number of amides is 1. The molecular formula is C20H18Cl2N4O4. The summed E-state index contributed by atoms with van der Waals surface area (Å²) in [7, 11) is 0. The van der Waals surface area contributed by atoms with Crippen LogP contribution in [0.3, 0.4) is 0 Å². The van der Waals surface area contributed by atoms with E-state index < -0.39 is 24.0 Å². The van der Waals surface area contributed by atoms with Crippen molar-refractivity contribution in [1.82, 2.24) is 20.5 Å². The van der Waals surface area contributed by atoms with Gasteiger partial charge in [-0.2, -0.15) is 4.98 Å². The monoisotopic (exact) mass is 448 g/mol. The first-order valence-corrected chi connectivity index (χ1v) is 9.72. The van der Waals surface area contributed by atoms with Crippen molar-refractivity contribution >= 4 is 35.1 Å². The van der Waals surface area contributed by atoms with Crippen molar-refractivity contribution in [3.63, 3.8) is 0 Å². The molecule has 2 aromatic carbocycles. The Hall–Kier alpha value is -2.94. The van der Waals surface area contributed by atoms with Crippen LogP contribution in [0.5, 0.6) is 0 Å². The number of benzene rings is 2. The zero-order chi connectivity index (χ0) is 21.7. The van der Waals surface area contributed by atoms with Crippen LogP contribution in [-0.2, 0) is 11.2 Å². The molecule has 0 fully saturated rings. The molecule has 4 N–H and O–H groups in total. The van der Waals surface area contributed by atoms with Gasteiger partial charge in [0.15, 0.2) is 6.10 Å². The molecule has 30 heavy (non-hydrogen) atoms. The number of H-pyrrole nitrogens is 1. The summed E-state index contributed by atoms with van der Waals surface area (Å²) in [5, 5.41) is 28.0. The molecule has 3 aromatic rings. The van der Waals surface area contributed by atoms with Crippen LogP contribution in [0.4, 0.5) is 0 Å². The molecule has 0 unspecified atom stereocenters. The fourth-order valence-corrected chi connectivity index (χ4v) is 3.26. The number of carboxylic acid groups (broad SMARTS) is 1. The summed E-state index contributed by atoms with van der Waals surface area (Å²) in [4.78, 5) is 27.1. The number of hydrogen-bond donors (Lipinski definition) is 4. The standard InChI is InChI=1S/C20H18Cl2N4O4/c21-14-3-1-2-13(9-14)12-6-4-11(5-7-12)8-15(10-16(27)19(29)30)23-18(28)17-24-20(22)26-25-17/h1-7,9,15-16,27H,8,10H2,(H,23,28)(H,29,30)(H,24,25,26)/t15-,16-/m1/s1. The Morgan fingerprint density at radius 3 is 2.43 bits per heavy atom. The van der Waals surface area contributed by atoms with Crippen LogP contribution in [0, 0.1) is 0 Å². The van der Waals surface area contributed by atoms with Gasteiger partial charge in [-0.1, -0.05) is 48.0 Å². The van der Waals surface area contributed by atoms with Crippen LogP contribution >= 0.6 is 23.2 Å². The Balaban J connectivity index is 1.74. The van der Waals surface area contributed by atoms with Gasteiger partial charge in [-0.15, -0.1) is 5.10 Å². The van der Waals surface area contributed by atoms with Crippen molar-refractivity contribution in [2.75, 3.05) is 0 Å². The number of aromatic amines is 1. The molecule has 156 valence electrons. The van der Waals surface area contributed by atoms with E-state index in [2.05, 4.69) is 20.5 Å². The van der Waals surface area contributed by atoms with E-state index in [1.165, 1.54) is 0 Å². The molecule has 1 aromatic heterocycles. The fourth-order valence-electron chi connectivity index (χ4n) is 2.94. The van der Waals surface area contributed by atoms with Gasteiger partial charge >= 0.3 is 5.97 Å². The second-order valence-electron chi connectivity index (χ2n) is 6.62. The van der Waals surface area contributed by atoms with Gasteiger partial charge < -0.3 is 15.5 Å². The number of rotatable bonds is 8. The van der Waals surface area contributed by atoms with E-state index in [1.54, 1.807) is 6.07 Å². The number of aliphatic hydroxyl groups excluding tert-OH is 1. The van der Waals surface area contributed by atoms with Gasteiger partial charge in [0, 0.05) is 17.5 Å². The minimum absolute atomic E-state index is 0.0427. The average Bonchev–Trinajstić information content (AvgIpc) is 3.15. The Bertz CT molecular complexity index is 1040. The zero-order valence-corrected chi connectivity index (χ0v) is 17.1. The first kappa shape index (κ1) is 21.8. The molecule has 0 aliphatic heterocycles. The van der Waals surface area contributed by atoms with E-state index in [0.717, 1.165) is 16.7 Å². The van der Waals surface area contributed by atoms with E-state index >= 15 is 0 Å². The molecule has 0 bridgehead atoms. The lowest BCUT2D eigenvalue weighted by molar-refractivity contribution is -0.147. The summed E-state index contributed by atoms with van der Waals surface area (Å²) in [6.45, 7) is 0. The van der Waals surface area contributed by atoms with E-state index in [-0.39, 0.29) is 17.5 Å². The molecule has 0 spiro atoms. The molecule has 1 heterocycles. The van der Waals surface area contributed by atoms with Gasteiger partial charge in [0.25, 0.3) is 5.91 Å². The smallest absolute Gasteiger partial charge is 0.332 e. The van der Waals surface area contributed by atoms with Crippen LogP contribution < -0.4 is 5.32 Å². The average molecular weight is 449 g/mol. The number of nitrogens with one attached hydrogen (secondary N) is 2. The van der Waals surface area contributed by atoms with Crippen LogP contribution in [0.2, 0.25) is 10.3 Å². The van der Waals surface area contributed by atoms with Crippen molar-refractivity contribution in [2.24, 2.45) is 0 Å². The molecule has 0 aliphatic carbocycles. The summed E-state index contributed by atoms with van der Waals surface area (Å²) in [5.74, 6) is -2.17. The van der Waals surface area contributed by atoms with E-state index in [0.29, 0.717) is 11.4 Å². The van der Waals surface area contributed by atoms with Gasteiger partial charge in [-0.25, -0.2) is 9.89 Å². The van der Waals surface area contributed by atoms with Gasteiger partial charge in [0.05, 0.1) is 0 Å².